The minimum atomic E-state index is 0.603. The van der Waals surface area contributed by atoms with Crippen LogP contribution >= 0.6 is 0 Å². The average Bonchev–Trinajstić information content (AvgIpc) is 2.66. The highest BCUT2D eigenvalue weighted by atomic mass is 15.0. The molecule has 1 aromatic heterocycles. The Morgan fingerprint density at radius 3 is 2.76 bits per heavy atom. The summed E-state index contributed by atoms with van der Waals surface area (Å²) in [4.78, 5) is 9.35. The quantitative estimate of drug-likeness (QED) is 0.867. The predicted molar refractivity (Wildman–Crippen MR) is 68.1 cm³/mol. The van der Waals surface area contributed by atoms with Crippen molar-refractivity contribution in [1.29, 1.82) is 0 Å². The second-order valence-electron chi connectivity index (χ2n) is 5.48. The second kappa shape index (κ2) is 4.73. The lowest BCUT2D eigenvalue weighted by Crippen LogP contribution is -2.25. The number of nitrogens with one attached hydrogen (secondary N) is 1. The van der Waals surface area contributed by atoms with Crippen LogP contribution in [0.5, 0.6) is 0 Å². The summed E-state index contributed by atoms with van der Waals surface area (Å²) in [6.07, 6.45) is 7.58. The minimum absolute atomic E-state index is 0.603. The first-order chi connectivity index (χ1) is 8.31. The molecule has 1 aromatic rings. The summed E-state index contributed by atoms with van der Waals surface area (Å²) in [5.41, 5.74) is 2.42. The Labute approximate surface area is 103 Å². The summed E-state index contributed by atoms with van der Waals surface area (Å²) >= 11 is 0. The first kappa shape index (κ1) is 11.1. The predicted octanol–water partition coefficient (Wildman–Crippen LogP) is 2.35. The van der Waals surface area contributed by atoms with E-state index in [1.807, 2.05) is 0 Å². The van der Waals surface area contributed by atoms with Gasteiger partial charge in [-0.15, -0.1) is 0 Å². The fraction of sp³-hybridized carbons (Fsp3) is 0.714. The maximum Gasteiger partial charge on any atom is 0.130 e. The summed E-state index contributed by atoms with van der Waals surface area (Å²) in [5.74, 6) is 1.76. The molecule has 0 radical (unpaired) electrons. The Morgan fingerprint density at radius 1 is 1.24 bits per heavy atom. The molecule has 17 heavy (non-hydrogen) atoms. The van der Waals surface area contributed by atoms with Crippen molar-refractivity contribution in [2.24, 2.45) is 0 Å². The molecule has 3 nitrogen and oxygen atoms in total. The van der Waals surface area contributed by atoms with Gasteiger partial charge in [0.2, 0.25) is 0 Å². The molecule has 92 valence electrons. The third kappa shape index (κ3) is 2.49. The summed E-state index contributed by atoms with van der Waals surface area (Å²) in [7, 11) is 0. The van der Waals surface area contributed by atoms with Gasteiger partial charge in [-0.1, -0.05) is 6.42 Å². The van der Waals surface area contributed by atoms with E-state index in [4.69, 9.17) is 4.98 Å². The van der Waals surface area contributed by atoms with Crippen LogP contribution in [0.25, 0.3) is 0 Å². The van der Waals surface area contributed by atoms with Crippen LogP contribution < -0.4 is 5.32 Å². The molecule has 0 spiro atoms. The highest BCUT2D eigenvalue weighted by Crippen LogP contribution is 2.35. The lowest BCUT2D eigenvalue weighted by atomic mass is 9.82. The SMILES string of the molecule is Cc1cc(C2CCC2)nc(CC2CCCN2)n1. The fourth-order valence-electron chi connectivity index (χ4n) is 2.81. The Hall–Kier alpha value is -0.960. The molecule has 1 aliphatic heterocycles. The van der Waals surface area contributed by atoms with Crippen molar-refractivity contribution in [3.8, 4) is 0 Å². The highest BCUT2D eigenvalue weighted by molar-refractivity contribution is 5.16. The van der Waals surface area contributed by atoms with E-state index in [0.29, 0.717) is 12.0 Å². The van der Waals surface area contributed by atoms with Crippen LogP contribution in [0, 0.1) is 6.92 Å². The molecule has 2 aliphatic rings. The molecule has 1 unspecified atom stereocenters. The van der Waals surface area contributed by atoms with Gasteiger partial charge < -0.3 is 5.32 Å². The molecule has 3 heteroatoms. The second-order valence-corrected chi connectivity index (χ2v) is 5.48. The summed E-state index contributed by atoms with van der Waals surface area (Å²) in [6.45, 7) is 3.25. The molecular weight excluding hydrogens is 210 g/mol. The van der Waals surface area contributed by atoms with Gasteiger partial charge in [0, 0.05) is 29.8 Å². The third-order valence-electron chi connectivity index (χ3n) is 4.04. The maximum atomic E-state index is 4.77. The van der Waals surface area contributed by atoms with E-state index in [2.05, 4.69) is 23.3 Å². The number of nitrogens with zero attached hydrogens (tertiary/aromatic N) is 2. The van der Waals surface area contributed by atoms with Gasteiger partial charge in [-0.3, -0.25) is 0 Å². The van der Waals surface area contributed by atoms with Gasteiger partial charge in [0.15, 0.2) is 0 Å². The Bertz CT molecular complexity index is 392. The summed E-state index contributed by atoms with van der Waals surface area (Å²) < 4.78 is 0. The molecule has 2 fully saturated rings. The van der Waals surface area contributed by atoms with Gasteiger partial charge in [0.25, 0.3) is 0 Å². The van der Waals surface area contributed by atoms with Crippen molar-refractivity contribution in [2.75, 3.05) is 6.54 Å². The standard InChI is InChI=1S/C14H21N3/c1-10-8-13(11-4-2-5-11)17-14(16-10)9-12-6-3-7-15-12/h8,11-12,15H,2-7,9H2,1H3. The van der Waals surface area contributed by atoms with Crippen LogP contribution in [0.2, 0.25) is 0 Å². The lowest BCUT2D eigenvalue weighted by molar-refractivity contribution is 0.408. The van der Waals surface area contributed by atoms with Gasteiger partial charge in [0.05, 0.1) is 0 Å². The zero-order valence-electron chi connectivity index (χ0n) is 10.6. The summed E-state index contributed by atoms with van der Waals surface area (Å²) in [5, 5.41) is 3.52. The number of hydrogen-bond acceptors (Lipinski definition) is 3. The minimum Gasteiger partial charge on any atom is -0.314 e. The molecule has 2 heterocycles. The fourth-order valence-corrected chi connectivity index (χ4v) is 2.81. The van der Waals surface area contributed by atoms with E-state index in [0.717, 1.165) is 24.5 Å². The van der Waals surface area contributed by atoms with Crippen molar-refractivity contribution in [1.82, 2.24) is 15.3 Å². The Balaban J connectivity index is 1.75. The van der Waals surface area contributed by atoms with Crippen LogP contribution in [0.3, 0.4) is 0 Å². The topological polar surface area (TPSA) is 37.8 Å². The van der Waals surface area contributed by atoms with E-state index in [1.165, 1.54) is 37.8 Å². The van der Waals surface area contributed by atoms with E-state index in [1.54, 1.807) is 0 Å². The van der Waals surface area contributed by atoms with Crippen LogP contribution in [0.1, 0.15) is 55.2 Å². The van der Waals surface area contributed by atoms with E-state index >= 15 is 0 Å². The van der Waals surface area contributed by atoms with Crippen LogP contribution in [-0.4, -0.2) is 22.6 Å². The van der Waals surface area contributed by atoms with Crippen molar-refractivity contribution in [2.45, 2.75) is 57.4 Å². The maximum absolute atomic E-state index is 4.77. The number of rotatable bonds is 3. The van der Waals surface area contributed by atoms with Gasteiger partial charge in [0.1, 0.15) is 5.82 Å². The molecule has 1 atom stereocenters. The largest absolute Gasteiger partial charge is 0.314 e. The Morgan fingerprint density at radius 2 is 2.12 bits per heavy atom. The van der Waals surface area contributed by atoms with Crippen molar-refractivity contribution in [3.63, 3.8) is 0 Å². The highest BCUT2D eigenvalue weighted by Gasteiger charge is 2.22. The van der Waals surface area contributed by atoms with Gasteiger partial charge in [-0.25, -0.2) is 9.97 Å². The monoisotopic (exact) mass is 231 g/mol. The Kier molecular flexibility index (Phi) is 3.10. The lowest BCUT2D eigenvalue weighted by Gasteiger charge is -2.25. The van der Waals surface area contributed by atoms with Crippen molar-refractivity contribution >= 4 is 0 Å². The van der Waals surface area contributed by atoms with E-state index in [9.17, 15) is 0 Å². The van der Waals surface area contributed by atoms with Gasteiger partial charge >= 0.3 is 0 Å². The van der Waals surface area contributed by atoms with Gasteiger partial charge in [-0.2, -0.15) is 0 Å². The molecule has 0 amide bonds. The normalized spacial score (nSPS) is 24.9. The number of aromatic nitrogens is 2. The third-order valence-corrected chi connectivity index (χ3v) is 4.04. The van der Waals surface area contributed by atoms with Crippen LogP contribution in [0.4, 0.5) is 0 Å². The molecule has 1 aliphatic carbocycles. The molecule has 3 rings (SSSR count). The molecule has 1 saturated heterocycles. The molecule has 0 bridgehead atoms. The summed E-state index contributed by atoms with van der Waals surface area (Å²) in [6, 6.07) is 2.78. The molecule has 1 N–H and O–H groups in total. The van der Waals surface area contributed by atoms with Crippen molar-refractivity contribution < 1.29 is 0 Å². The zero-order chi connectivity index (χ0) is 11.7. The van der Waals surface area contributed by atoms with Crippen molar-refractivity contribution in [3.05, 3.63) is 23.3 Å². The van der Waals surface area contributed by atoms with Gasteiger partial charge in [-0.05, 0) is 45.2 Å². The number of hydrogen-bond donors (Lipinski definition) is 1. The van der Waals surface area contributed by atoms with Crippen LogP contribution in [-0.2, 0) is 6.42 Å². The first-order valence-electron chi connectivity index (χ1n) is 6.89. The zero-order valence-corrected chi connectivity index (χ0v) is 10.6. The first-order valence-corrected chi connectivity index (χ1v) is 6.89. The van der Waals surface area contributed by atoms with E-state index < -0.39 is 0 Å². The smallest absolute Gasteiger partial charge is 0.130 e. The number of aryl methyl sites for hydroxylation is 1. The van der Waals surface area contributed by atoms with E-state index in [-0.39, 0.29) is 0 Å². The molecule has 0 aromatic carbocycles. The molecule has 1 saturated carbocycles. The molecular formula is C14H21N3. The van der Waals surface area contributed by atoms with Crippen LogP contribution in [0.15, 0.2) is 6.07 Å². The average molecular weight is 231 g/mol.